The highest BCUT2D eigenvalue weighted by molar-refractivity contribution is 5.87. The van der Waals surface area contributed by atoms with E-state index in [1.54, 1.807) is 7.11 Å². The van der Waals surface area contributed by atoms with Crippen LogP contribution in [0.2, 0.25) is 0 Å². The molecule has 0 bridgehead atoms. The van der Waals surface area contributed by atoms with Crippen molar-refractivity contribution >= 4 is 16.8 Å². The number of hydrogen-bond donors (Lipinski definition) is 0. The average Bonchev–Trinajstić information content (AvgIpc) is 3.30. The van der Waals surface area contributed by atoms with Crippen molar-refractivity contribution in [3.05, 3.63) is 102 Å². The van der Waals surface area contributed by atoms with Gasteiger partial charge in [0, 0.05) is 62.2 Å². The van der Waals surface area contributed by atoms with Crippen molar-refractivity contribution in [1.82, 2.24) is 14.4 Å². The van der Waals surface area contributed by atoms with Crippen molar-refractivity contribution < 1.29 is 13.9 Å². The molecule has 37 heavy (non-hydrogen) atoms. The van der Waals surface area contributed by atoms with Gasteiger partial charge in [0.2, 0.25) is 5.91 Å². The third-order valence-corrected chi connectivity index (χ3v) is 7.53. The molecule has 1 fully saturated rings. The minimum absolute atomic E-state index is 0.150. The predicted molar refractivity (Wildman–Crippen MR) is 146 cm³/mol. The molecule has 1 aliphatic rings. The number of piperazine rings is 1. The molecule has 1 aliphatic heterocycles. The number of benzene rings is 3. The Balaban J connectivity index is 1.49. The van der Waals surface area contributed by atoms with E-state index in [0.717, 1.165) is 66.1 Å². The summed E-state index contributed by atoms with van der Waals surface area (Å²) in [6, 6.07) is 23.0. The number of amides is 1. The molecule has 0 unspecified atom stereocenters. The number of halogens is 1. The molecule has 0 radical (unpaired) electrons. The summed E-state index contributed by atoms with van der Waals surface area (Å²) in [7, 11) is 1.67. The molecule has 1 amide bonds. The lowest BCUT2D eigenvalue weighted by Crippen LogP contribution is -2.48. The Morgan fingerprint density at radius 3 is 2.32 bits per heavy atom. The van der Waals surface area contributed by atoms with Crippen molar-refractivity contribution in [2.24, 2.45) is 0 Å². The number of methoxy groups -OCH3 is 1. The van der Waals surface area contributed by atoms with Crippen LogP contribution in [-0.2, 0) is 11.3 Å². The first kappa shape index (κ1) is 25.0. The van der Waals surface area contributed by atoms with E-state index in [4.69, 9.17) is 4.74 Å². The highest BCUT2D eigenvalue weighted by Crippen LogP contribution is 2.36. The molecule has 2 heterocycles. The first-order chi connectivity index (χ1) is 18.1. The second-order valence-electron chi connectivity index (χ2n) is 9.70. The minimum atomic E-state index is -0.272. The standard InChI is InChI=1S/C31H34FN3O2/c1-3-33-16-18-34(19-17-33)31(36)20-28(24-10-12-25(32)13-11-24)29-22-35(30-7-5-4-6-27(29)30)21-23-8-14-26(37-2)15-9-23/h4-15,22,28H,3,16-21H2,1-2H3/t28-/m1/s1. The van der Waals surface area contributed by atoms with Crippen molar-refractivity contribution in [3.63, 3.8) is 0 Å². The maximum atomic E-state index is 13.8. The molecular formula is C31H34FN3O2. The Kier molecular flexibility index (Phi) is 7.56. The van der Waals surface area contributed by atoms with Gasteiger partial charge in [0.1, 0.15) is 11.6 Å². The first-order valence-electron chi connectivity index (χ1n) is 13.0. The lowest BCUT2D eigenvalue weighted by Gasteiger charge is -2.34. The van der Waals surface area contributed by atoms with Crippen LogP contribution in [0.3, 0.4) is 0 Å². The van der Waals surface area contributed by atoms with Crippen molar-refractivity contribution in [3.8, 4) is 5.75 Å². The van der Waals surface area contributed by atoms with Crippen LogP contribution < -0.4 is 4.74 Å². The van der Waals surface area contributed by atoms with Gasteiger partial charge in [0.15, 0.2) is 0 Å². The average molecular weight is 500 g/mol. The summed E-state index contributed by atoms with van der Waals surface area (Å²) in [6.45, 7) is 7.19. The molecule has 0 spiro atoms. The molecule has 1 saturated heterocycles. The lowest BCUT2D eigenvalue weighted by atomic mass is 9.87. The van der Waals surface area contributed by atoms with Gasteiger partial charge in [-0.05, 0) is 53.6 Å². The van der Waals surface area contributed by atoms with Crippen LogP contribution in [0.5, 0.6) is 5.75 Å². The molecule has 1 atom stereocenters. The van der Waals surface area contributed by atoms with E-state index >= 15 is 0 Å². The molecule has 0 N–H and O–H groups in total. The van der Waals surface area contributed by atoms with Gasteiger partial charge in [-0.2, -0.15) is 0 Å². The van der Waals surface area contributed by atoms with Crippen LogP contribution in [0.4, 0.5) is 4.39 Å². The Morgan fingerprint density at radius 2 is 1.65 bits per heavy atom. The summed E-state index contributed by atoms with van der Waals surface area (Å²) in [4.78, 5) is 17.9. The molecule has 5 nitrogen and oxygen atoms in total. The lowest BCUT2D eigenvalue weighted by molar-refractivity contribution is -0.133. The zero-order valence-electron chi connectivity index (χ0n) is 21.6. The summed E-state index contributed by atoms with van der Waals surface area (Å²) < 4.78 is 21.4. The second-order valence-corrected chi connectivity index (χ2v) is 9.70. The van der Waals surface area contributed by atoms with Gasteiger partial charge >= 0.3 is 0 Å². The number of rotatable bonds is 8. The van der Waals surface area contributed by atoms with E-state index in [-0.39, 0.29) is 17.6 Å². The number of hydrogen-bond acceptors (Lipinski definition) is 3. The number of fused-ring (bicyclic) bond motifs is 1. The maximum absolute atomic E-state index is 13.8. The number of nitrogens with zero attached hydrogens (tertiary/aromatic N) is 3. The molecular weight excluding hydrogens is 465 g/mol. The quantitative estimate of drug-likeness (QED) is 0.320. The molecule has 0 saturated carbocycles. The zero-order chi connectivity index (χ0) is 25.8. The normalized spacial score (nSPS) is 15.2. The van der Waals surface area contributed by atoms with Gasteiger partial charge in [-0.1, -0.05) is 49.4 Å². The summed E-state index contributed by atoms with van der Waals surface area (Å²) in [5.74, 6) is 0.541. The van der Waals surface area contributed by atoms with Crippen molar-refractivity contribution in [2.45, 2.75) is 25.8 Å². The number of carbonyl (C=O) groups excluding carboxylic acids is 1. The number of carbonyl (C=O) groups is 1. The number of likely N-dealkylation sites (N-methyl/N-ethyl adjacent to an activating group) is 1. The van der Waals surface area contributed by atoms with Crippen LogP contribution in [0.15, 0.2) is 79.0 Å². The Morgan fingerprint density at radius 1 is 0.946 bits per heavy atom. The Bertz CT molecular complexity index is 1340. The van der Waals surface area contributed by atoms with Crippen LogP contribution in [0, 0.1) is 5.82 Å². The smallest absolute Gasteiger partial charge is 0.223 e. The van der Waals surface area contributed by atoms with E-state index < -0.39 is 0 Å². The topological polar surface area (TPSA) is 37.7 Å². The molecule has 1 aromatic heterocycles. The second kappa shape index (κ2) is 11.2. The highest BCUT2D eigenvalue weighted by atomic mass is 19.1. The van der Waals surface area contributed by atoms with Crippen LogP contribution in [0.1, 0.15) is 36.0 Å². The van der Waals surface area contributed by atoms with Gasteiger partial charge in [-0.25, -0.2) is 4.39 Å². The largest absolute Gasteiger partial charge is 0.497 e. The summed E-state index contributed by atoms with van der Waals surface area (Å²) in [5, 5.41) is 1.12. The summed E-state index contributed by atoms with van der Waals surface area (Å²) in [6.07, 6.45) is 2.53. The summed E-state index contributed by atoms with van der Waals surface area (Å²) in [5.41, 5.74) is 4.33. The van der Waals surface area contributed by atoms with Crippen molar-refractivity contribution in [1.29, 1.82) is 0 Å². The van der Waals surface area contributed by atoms with E-state index in [9.17, 15) is 9.18 Å². The van der Waals surface area contributed by atoms with Gasteiger partial charge in [0.25, 0.3) is 0 Å². The van der Waals surface area contributed by atoms with Gasteiger partial charge in [0.05, 0.1) is 7.11 Å². The van der Waals surface area contributed by atoms with E-state index in [1.165, 1.54) is 12.1 Å². The fourth-order valence-corrected chi connectivity index (χ4v) is 5.33. The first-order valence-corrected chi connectivity index (χ1v) is 13.0. The fraction of sp³-hybridized carbons (Fsp3) is 0.323. The van der Waals surface area contributed by atoms with Gasteiger partial charge in [-0.3, -0.25) is 4.79 Å². The highest BCUT2D eigenvalue weighted by Gasteiger charge is 2.27. The fourth-order valence-electron chi connectivity index (χ4n) is 5.33. The number of aromatic nitrogens is 1. The zero-order valence-corrected chi connectivity index (χ0v) is 21.6. The third-order valence-electron chi connectivity index (χ3n) is 7.53. The molecule has 5 rings (SSSR count). The predicted octanol–water partition coefficient (Wildman–Crippen LogP) is 5.52. The number of ether oxygens (including phenoxy) is 1. The molecule has 4 aromatic rings. The van der Waals surface area contributed by atoms with Crippen molar-refractivity contribution in [2.75, 3.05) is 39.8 Å². The van der Waals surface area contributed by atoms with E-state index in [2.05, 4.69) is 46.9 Å². The number of para-hydroxylation sites is 1. The van der Waals surface area contributed by atoms with Crippen LogP contribution >= 0.6 is 0 Å². The van der Waals surface area contributed by atoms with E-state index in [0.29, 0.717) is 13.0 Å². The van der Waals surface area contributed by atoms with Gasteiger partial charge < -0.3 is 19.1 Å². The van der Waals surface area contributed by atoms with Crippen LogP contribution in [-0.4, -0.2) is 60.1 Å². The molecule has 3 aromatic carbocycles. The molecule has 192 valence electrons. The van der Waals surface area contributed by atoms with Crippen LogP contribution in [0.25, 0.3) is 10.9 Å². The SMILES string of the molecule is CCN1CCN(C(=O)C[C@H](c2ccc(F)cc2)c2cn(Cc3ccc(OC)cc3)c3ccccc23)CC1. The Labute approximate surface area is 218 Å². The van der Waals surface area contributed by atoms with Gasteiger partial charge in [-0.15, -0.1) is 0 Å². The molecule has 6 heteroatoms. The Hall–Kier alpha value is -3.64. The van der Waals surface area contributed by atoms with E-state index in [1.807, 2.05) is 41.3 Å². The summed E-state index contributed by atoms with van der Waals surface area (Å²) >= 11 is 0. The minimum Gasteiger partial charge on any atom is -0.497 e. The molecule has 0 aliphatic carbocycles. The monoisotopic (exact) mass is 499 g/mol. The maximum Gasteiger partial charge on any atom is 0.223 e. The third kappa shape index (κ3) is 5.54.